The Labute approximate surface area is 126 Å². The first-order valence-electron chi connectivity index (χ1n) is 7.69. The van der Waals surface area contributed by atoms with E-state index in [2.05, 4.69) is 24.5 Å². The molecule has 1 aromatic carbocycles. The van der Waals surface area contributed by atoms with Gasteiger partial charge in [-0.15, -0.1) is 0 Å². The molecule has 1 aliphatic rings. The number of nitro groups is 1. The third-order valence-electron chi connectivity index (χ3n) is 4.22. The summed E-state index contributed by atoms with van der Waals surface area (Å²) in [5.41, 5.74) is 2.19. The molecule has 2 N–H and O–H groups in total. The molecule has 0 aromatic heterocycles. The molecule has 2 rings (SSSR count). The zero-order valence-corrected chi connectivity index (χ0v) is 13.1. The molecule has 1 fully saturated rings. The molecule has 5 heteroatoms. The van der Waals surface area contributed by atoms with Crippen molar-refractivity contribution < 1.29 is 4.92 Å². The van der Waals surface area contributed by atoms with Crippen LogP contribution < -0.4 is 10.6 Å². The third-order valence-corrected chi connectivity index (χ3v) is 4.22. The first-order valence-corrected chi connectivity index (χ1v) is 7.69. The minimum atomic E-state index is -0.337. The Bertz CT molecular complexity index is 504. The summed E-state index contributed by atoms with van der Waals surface area (Å²) in [5.74, 6) is 0. The number of anilines is 2. The first kappa shape index (κ1) is 15.6. The van der Waals surface area contributed by atoms with Crippen LogP contribution in [0.4, 0.5) is 17.1 Å². The average molecular weight is 291 g/mol. The number of nitrogens with zero attached hydrogens (tertiary/aromatic N) is 1. The zero-order valence-electron chi connectivity index (χ0n) is 13.1. The highest BCUT2D eigenvalue weighted by Gasteiger charge is 2.26. The summed E-state index contributed by atoms with van der Waals surface area (Å²) < 4.78 is 0. The van der Waals surface area contributed by atoms with Crippen molar-refractivity contribution in [2.24, 2.45) is 5.41 Å². The van der Waals surface area contributed by atoms with E-state index in [-0.39, 0.29) is 10.6 Å². The van der Waals surface area contributed by atoms with Gasteiger partial charge in [-0.25, -0.2) is 0 Å². The van der Waals surface area contributed by atoms with Crippen molar-refractivity contribution in [3.05, 3.63) is 28.3 Å². The van der Waals surface area contributed by atoms with Gasteiger partial charge in [0.1, 0.15) is 0 Å². The maximum absolute atomic E-state index is 11.0. The molecule has 0 spiro atoms. The van der Waals surface area contributed by atoms with Gasteiger partial charge in [-0.1, -0.05) is 13.8 Å². The highest BCUT2D eigenvalue weighted by molar-refractivity contribution is 5.63. The van der Waals surface area contributed by atoms with E-state index in [1.54, 1.807) is 12.1 Å². The van der Waals surface area contributed by atoms with Gasteiger partial charge in [-0.3, -0.25) is 10.1 Å². The van der Waals surface area contributed by atoms with Crippen LogP contribution >= 0.6 is 0 Å². The predicted octanol–water partition coefficient (Wildman–Crippen LogP) is 4.41. The minimum Gasteiger partial charge on any atom is -0.385 e. The van der Waals surface area contributed by atoms with E-state index in [1.807, 2.05) is 13.0 Å². The molecule has 0 radical (unpaired) electrons. The van der Waals surface area contributed by atoms with Crippen LogP contribution in [0.25, 0.3) is 0 Å². The largest absolute Gasteiger partial charge is 0.385 e. The maximum Gasteiger partial charge on any atom is 0.273 e. The molecule has 1 saturated carbocycles. The molecule has 0 amide bonds. The molecule has 21 heavy (non-hydrogen) atoms. The summed E-state index contributed by atoms with van der Waals surface area (Å²) in [6.45, 7) is 7.34. The van der Waals surface area contributed by atoms with Gasteiger partial charge in [-0.2, -0.15) is 0 Å². The van der Waals surface area contributed by atoms with Crippen LogP contribution in [0.5, 0.6) is 0 Å². The second kappa shape index (κ2) is 6.33. The van der Waals surface area contributed by atoms with Gasteiger partial charge in [0.2, 0.25) is 0 Å². The smallest absolute Gasteiger partial charge is 0.273 e. The normalized spacial score (nSPS) is 18.2. The van der Waals surface area contributed by atoms with Crippen molar-refractivity contribution in [3.63, 3.8) is 0 Å². The number of hydrogen-bond acceptors (Lipinski definition) is 4. The van der Waals surface area contributed by atoms with Crippen molar-refractivity contribution in [2.45, 2.75) is 52.5 Å². The van der Waals surface area contributed by atoms with Crippen LogP contribution in [0, 0.1) is 15.5 Å². The van der Waals surface area contributed by atoms with Gasteiger partial charge in [0.05, 0.1) is 4.92 Å². The predicted molar refractivity (Wildman–Crippen MR) is 86.9 cm³/mol. The van der Waals surface area contributed by atoms with Crippen molar-refractivity contribution >= 4 is 17.1 Å². The topological polar surface area (TPSA) is 67.2 Å². The van der Waals surface area contributed by atoms with E-state index in [0.717, 1.165) is 30.8 Å². The quantitative estimate of drug-likeness (QED) is 0.623. The lowest BCUT2D eigenvalue weighted by Crippen LogP contribution is -2.29. The highest BCUT2D eigenvalue weighted by atomic mass is 16.6. The second-order valence-electron chi connectivity index (χ2n) is 6.64. The number of rotatable bonds is 5. The summed E-state index contributed by atoms with van der Waals surface area (Å²) in [4.78, 5) is 10.7. The molecule has 0 atom stereocenters. The summed E-state index contributed by atoms with van der Waals surface area (Å²) in [7, 11) is 0. The summed E-state index contributed by atoms with van der Waals surface area (Å²) in [5, 5.41) is 17.7. The molecule has 1 aromatic rings. The fourth-order valence-electron chi connectivity index (χ4n) is 2.89. The lowest BCUT2D eigenvalue weighted by atomic mass is 9.75. The Hall–Kier alpha value is -1.78. The Morgan fingerprint density at radius 3 is 2.43 bits per heavy atom. The molecular weight excluding hydrogens is 266 g/mol. The minimum absolute atomic E-state index is 0.132. The van der Waals surface area contributed by atoms with Crippen LogP contribution in [-0.2, 0) is 0 Å². The number of benzene rings is 1. The van der Waals surface area contributed by atoms with Gasteiger partial charge in [0.15, 0.2) is 0 Å². The van der Waals surface area contributed by atoms with E-state index in [1.165, 1.54) is 12.8 Å². The Balaban J connectivity index is 2.10. The van der Waals surface area contributed by atoms with E-state index < -0.39 is 0 Å². The van der Waals surface area contributed by atoms with Gasteiger partial charge in [0.25, 0.3) is 5.69 Å². The molecule has 116 valence electrons. The fraction of sp³-hybridized carbons (Fsp3) is 0.625. The van der Waals surface area contributed by atoms with Gasteiger partial charge >= 0.3 is 0 Å². The number of nitrogens with one attached hydrogen (secondary N) is 2. The SMILES string of the molecule is CCNc1cc(NC2CCC(C)(C)CC2)cc([N+](=O)[O-])c1. The van der Waals surface area contributed by atoms with Crippen molar-refractivity contribution in [3.8, 4) is 0 Å². The molecule has 0 unspecified atom stereocenters. The Morgan fingerprint density at radius 1 is 1.24 bits per heavy atom. The lowest BCUT2D eigenvalue weighted by molar-refractivity contribution is -0.384. The van der Waals surface area contributed by atoms with Gasteiger partial charge < -0.3 is 10.6 Å². The van der Waals surface area contributed by atoms with Crippen LogP contribution in [0.15, 0.2) is 18.2 Å². The Kier molecular flexibility index (Phi) is 4.70. The third kappa shape index (κ3) is 4.34. The summed E-state index contributed by atoms with van der Waals surface area (Å²) >= 11 is 0. The first-order chi connectivity index (χ1) is 9.89. The molecular formula is C16H25N3O2. The van der Waals surface area contributed by atoms with Crippen LogP contribution in [0.1, 0.15) is 46.5 Å². The average Bonchev–Trinajstić information content (AvgIpc) is 2.41. The van der Waals surface area contributed by atoms with Crippen molar-refractivity contribution in [2.75, 3.05) is 17.2 Å². The summed E-state index contributed by atoms with van der Waals surface area (Å²) in [6, 6.07) is 5.57. The molecule has 0 heterocycles. The van der Waals surface area contributed by atoms with Gasteiger partial charge in [-0.05, 0) is 44.1 Å². The van der Waals surface area contributed by atoms with E-state index in [9.17, 15) is 10.1 Å². The number of non-ortho nitro benzene ring substituents is 1. The van der Waals surface area contributed by atoms with Crippen LogP contribution in [0.2, 0.25) is 0 Å². The molecule has 0 bridgehead atoms. The molecule has 0 saturated heterocycles. The van der Waals surface area contributed by atoms with E-state index in [4.69, 9.17) is 0 Å². The zero-order chi connectivity index (χ0) is 15.5. The van der Waals surface area contributed by atoms with E-state index >= 15 is 0 Å². The van der Waals surface area contributed by atoms with Crippen molar-refractivity contribution in [1.82, 2.24) is 0 Å². The lowest BCUT2D eigenvalue weighted by Gasteiger charge is -2.35. The second-order valence-corrected chi connectivity index (χ2v) is 6.64. The molecule has 1 aliphatic carbocycles. The van der Waals surface area contributed by atoms with Crippen LogP contribution in [-0.4, -0.2) is 17.5 Å². The fourth-order valence-corrected chi connectivity index (χ4v) is 2.89. The molecule has 0 aliphatic heterocycles. The van der Waals surface area contributed by atoms with E-state index in [0.29, 0.717) is 11.5 Å². The number of hydrogen-bond donors (Lipinski definition) is 2. The van der Waals surface area contributed by atoms with Crippen LogP contribution in [0.3, 0.4) is 0 Å². The molecule has 5 nitrogen and oxygen atoms in total. The van der Waals surface area contributed by atoms with Gasteiger partial charge in [0, 0.05) is 36.1 Å². The highest BCUT2D eigenvalue weighted by Crippen LogP contribution is 2.36. The number of nitro benzene ring substituents is 1. The standard InChI is InChI=1S/C16H25N3O2/c1-4-17-13-9-14(11-15(10-13)19(20)21)18-12-5-7-16(2,3)8-6-12/h9-12,17-18H,4-8H2,1-3H3. The monoisotopic (exact) mass is 291 g/mol. The maximum atomic E-state index is 11.0. The summed E-state index contributed by atoms with van der Waals surface area (Å²) in [6.07, 6.45) is 4.62. The van der Waals surface area contributed by atoms with Crippen molar-refractivity contribution in [1.29, 1.82) is 0 Å². The Morgan fingerprint density at radius 2 is 1.86 bits per heavy atom.